The second-order valence-electron chi connectivity index (χ2n) is 9.34. The van der Waals surface area contributed by atoms with Crippen LogP contribution in [-0.4, -0.2) is 45.8 Å². The second-order valence-corrected chi connectivity index (χ2v) is 9.34. The molecule has 2 aromatic carbocycles. The number of nitrogens with zero attached hydrogens (tertiary/aromatic N) is 3. The van der Waals surface area contributed by atoms with Crippen LogP contribution in [0, 0.1) is 11.7 Å². The number of hydrogen-bond donors (Lipinski definition) is 0. The highest BCUT2D eigenvalue weighted by Gasteiger charge is 2.28. The van der Waals surface area contributed by atoms with Gasteiger partial charge in [-0.1, -0.05) is 24.3 Å². The summed E-state index contributed by atoms with van der Waals surface area (Å²) in [5.74, 6) is -0.0529. The summed E-state index contributed by atoms with van der Waals surface area (Å²) in [6, 6.07) is 14.9. The molecule has 7 heteroatoms. The first-order chi connectivity index (χ1) is 15.3. The maximum absolute atomic E-state index is 13.3. The maximum Gasteiger partial charge on any atom is 0.410 e. The van der Waals surface area contributed by atoms with Gasteiger partial charge in [0.15, 0.2) is 0 Å². The number of fused-ring (bicyclic) bond motifs is 1. The van der Waals surface area contributed by atoms with Crippen LogP contribution in [0.15, 0.2) is 48.5 Å². The molecule has 0 saturated carbocycles. The number of para-hydroxylation sites is 2. The maximum atomic E-state index is 13.3. The largest absolute Gasteiger partial charge is 0.464 e. The SMILES string of the molecule is CC(C)(C)OC(=O)N1CCC[C@@H](COc2nc3ccccc3n2Cc2ccc(F)cc2)C1. The second kappa shape index (κ2) is 9.18. The van der Waals surface area contributed by atoms with E-state index >= 15 is 0 Å². The van der Waals surface area contributed by atoms with E-state index in [1.165, 1.54) is 12.1 Å². The Balaban J connectivity index is 1.47. The van der Waals surface area contributed by atoms with Crippen molar-refractivity contribution in [3.63, 3.8) is 0 Å². The molecular formula is C25H30FN3O3. The molecule has 0 unspecified atom stereocenters. The van der Waals surface area contributed by atoms with E-state index in [0.717, 1.165) is 29.4 Å². The van der Waals surface area contributed by atoms with Crippen molar-refractivity contribution in [2.75, 3.05) is 19.7 Å². The fourth-order valence-electron chi connectivity index (χ4n) is 3.97. The monoisotopic (exact) mass is 439 g/mol. The van der Waals surface area contributed by atoms with Crippen molar-refractivity contribution in [3.05, 3.63) is 59.9 Å². The fourth-order valence-corrected chi connectivity index (χ4v) is 3.97. The molecule has 0 N–H and O–H groups in total. The summed E-state index contributed by atoms with van der Waals surface area (Å²) in [7, 11) is 0. The van der Waals surface area contributed by atoms with Crippen molar-refractivity contribution in [1.29, 1.82) is 0 Å². The molecule has 2 heterocycles. The van der Waals surface area contributed by atoms with Crippen LogP contribution in [0.3, 0.4) is 0 Å². The zero-order chi connectivity index (χ0) is 22.7. The molecule has 1 fully saturated rings. The molecule has 1 aromatic heterocycles. The van der Waals surface area contributed by atoms with E-state index in [2.05, 4.69) is 4.98 Å². The first-order valence-corrected chi connectivity index (χ1v) is 11.1. The fraction of sp³-hybridized carbons (Fsp3) is 0.440. The van der Waals surface area contributed by atoms with Crippen LogP contribution < -0.4 is 4.74 Å². The minimum atomic E-state index is -0.508. The number of carbonyl (C=O) groups is 1. The number of piperidine rings is 1. The average molecular weight is 440 g/mol. The number of carbonyl (C=O) groups excluding carboxylic acids is 1. The van der Waals surface area contributed by atoms with E-state index in [9.17, 15) is 9.18 Å². The third kappa shape index (κ3) is 5.39. The van der Waals surface area contributed by atoms with Gasteiger partial charge in [-0.05, 0) is 63.4 Å². The van der Waals surface area contributed by atoms with Crippen LogP contribution in [0.4, 0.5) is 9.18 Å². The van der Waals surface area contributed by atoms with Gasteiger partial charge in [-0.15, -0.1) is 0 Å². The third-order valence-corrected chi connectivity index (χ3v) is 5.49. The zero-order valence-corrected chi connectivity index (χ0v) is 18.9. The standard InChI is InChI=1S/C25H30FN3O3/c1-25(2,3)32-24(30)28-14-6-7-19(15-28)17-31-23-27-21-8-4-5-9-22(21)29(23)16-18-10-12-20(26)13-11-18/h4-5,8-13,19H,6-7,14-17H2,1-3H3/t19-/m1/s1. The highest BCUT2D eigenvalue weighted by atomic mass is 19.1. The minimum Gasteiger partial charge on any atom is -0.464 e. The normalized spacial score (nSPS) is 16.9. The molecule has 1 amide bonds. The van der Waals surface area contributed by atoms with Gasteiger partial charge in [0, 0.05) is 19.0 Å². The lowest BCUT2D eigenvalue weighted by atomic mass is 9.99. The highest BCUT2D eigenvalue weighted by molar-refractivity contribution is 5.76. The van der Waals surface area contributed by atoms with Crippen molar-refractivity contribution in [3.8, 4) is 6.01 Å². The summed E-state index contributed by atoms with van der Waals surface area (Å²) in [4.78, 5) is 18.9. The minimum absolute atomic E-state index is 0.204. The molecule has 1 saturated heterocycles. The smallest absolute Gasteiger partial charge is 0.410 e. The Labute approximate surface area is 187 Å². The molecular weight excluding hydrogens is 409 g/mol. The Kier molecular flexibility index (Phi) is 6.35. The van der Waals surface area contributed by atoms with E-state index in [1.807, 2.05) is 49.6 Å². The van der Waals surface area contributed by atoms with Crippen molar-refractivity contribution in [2.45, 2.75) is 45.8 Å². The Morgan fingerprint density at radius 2 is 1.91 bits per heavy atom. The number of ether oxygens (including phenoxy) is 2. The first-order valence-electron chi connectivity index (χ1n) is 11.1. The van der Waals surface area contributed by atoms with E-state index in [0.29, 0.717) is 32.3 Å². The Hall–Kier alpha value is -3.09. The average Bonchev–Trinajstić information content (AvgIpc) is 3.10. The van der Waals surface area contributed by atoms with E-state index in [1.54, 1.807) is 17.0 Å². The summed E-state index contributed by atoms with van der Waals surface area (Å²) in [5, 5.41) is 0. The molecule has 4 rings (SSSR count). The summed E-state index contributed by atoms with van der Waals surface area (Å²) in [5.41, 5.74) is 2.27. The van der Waals surface area contributed by atoms with Gasteiger partial charge in [-0.25, -0.2) is 9.18 Å². The summed E-state index contributed by atoms with van der Waals surface area (Å²) in [6.07, 6.45) is 1.63. The molecule has 1 aliphatic rings. The molecule has 170 valence electrons. The number of aromatic nitrogens is 2. The van der Waals surface area contributed by atoms with Crippen LogP contribution >= 0.6 is 0 Å². The number of halogens is 1. The van der Waals surface area contributed by atoms with Crippen LogP contribution in [-0.2, 0) is 11.3 Å². The van der Waals surface area contributed by atoms with Gasteiger partial charge in [-0.3, -0.25) is 4.57 Å². The van der Waals surface area contributed by atoms with Gasteiger partial charge in [0.05, 0.1) is 24.2 Å². The third-order valence-electron chi connectivity index (χ3n) is 5.49. The molecule has 0 bridgehead atoms. The van der Waals surface area contributed by atoms with E-state index < -0.39 is 5.60 Å². The van der Waals surface area contributed by atoms with Gasteiger partial charge in [-0.2, -0.15) is 4.98 Å². The molecule has 3 aromatic rings. The quantitative estimate of drug-likeness (QED) is 0.545. The Morgan fingerprint density at radius 1 is 1.16 bits per heavy atom. The predicted molar refractivity (Wildman–Crippen MR) is 121 cm³/mol. The predicted octanol–water partition coefficient (Wildman–Crippen LogP) is 5.25. The molecule has 32 heavy (non-hydrogen) atoms. The first kappa shape index (κ1) is 22.1. The summed E-state index contributed by atoms with van der Waals surface area (Å²) in [6.45, 7) is 7.93. The molecule has 0 aliphatic carbocycles. The van der Waals surface area contributed by atoms with Crippen LogP contribution in [0.1, 0.15) is 39.2 Å². The van der Waals surface area contributed by atoms with Gasteiger partial charge in [0.2, 0.25) is 0 Å². The number of imidazole rings is 1. The lowest BCUT2D eigenvalue weighted by Crippen LogP contribution is -2.44. The molecule has 0 spiro atoms. The Bertz CT molecular complexity index is 1070. The molecule has 1 atom stereocenters. The van der Waals surface area contributed by atoms with Crippen LogP contribution in [0.5, 0.6) is 6.01 Å². The topological polar surface area (TPSA) is 56.6 Å². The molecule has 1 aliphatic heterocycles. The molecule has 0 radical (unpaired) electrons. The van der Waals surface area contributed by atoms with E-state index in [-0.39, 0.29) is 17.8 Å². The van der Waals surface area contributed by atoms with Gasteiger partial charge < -0.3 is 14.4 Å². The van der Waals surface area contributed by atoms with Gasteiger partial charge >= 0.3 is 6.09 Å². The summed E-state index contributed by atoms with van der Waals surface area (Å²) < 4.78 is 27.0. The van der Waals surface area contributed by atoms with Crippen LogP contribution in [0.25, 0.3) is 11.0 Å². The molecule has 6 nitrogen and oxygen atoms in total. The van der Waals surface area contributed by atoms with E-state index in [4.69, 9.17) is 9.47 Å². The number of hydrogen-bond acceptors (Lipinski definition) is 4. The van der Waals surface area contributed by atoms with Crippen molar-refractivity contribution >= 4 is 17.1 Å². The highest BCUT2D eigenvalue weighted by Crippen LogP contribution is 2.25. The number of amides is 1. The summed E-state index contributed by atoms with van der Waals surface area (Å²) >= 11 is 0. The lowest BCUT2D eigenvalue weighted by Gasteiger charge is -2.33. The zero-order valence-electron chi connectivity index (χ0n) is 18.9. The van der Waals surface area contributed by atoms with Gasteiger partial charge in [0.25, 0.3) is 6.01 Å². The van der Waals surface area contributed by atoms with Crippen molar-refractivity contribution < 1.29 is 18.7 Å². The van der Waals surface area contributed by atoms with Crippen molar-refractivity contribution in [1.82, 2.24) is 14.5 Å². The van der Waals surface area contributed by atoms with Gasteiger partial charge in [0.1, 0.15) is 11.4 Å². The number of rotatable bonds is 5. The van der Waals surface area contributed by atoms with Crippen molar-refractivity contribution in [2.24, 2.45) is 5.92 Å². The Morgan fingerprint density at radius 3 is 2.66 bits per heavy atom. The number of benzene rings is 2. The van der Waals surface area contributed by atoms with Crippen LogP contribution in [0.2, 0.25) is 0 Å². The number of likely N-dealkylation sites (tertiary alicyclic amines) is 1. The lowest BCUT2D eigenvalue weighted by molar-refractivity contribution is 0.0136.